The number of thioether (sulfide) groups is 1. The van der Waals surface area contributed by atoms with Crippen molar-refractivity contribution in [1.29, 1.82) is 0 Å². The second-order valence-corrected chi connectivity index (χ2v) is 8.39. The van der Waals surface area contributed by atoms with Gasteiger partial charge in [-0.2, -0.15) is 0 Å². The van der Waals surface area contributed by atoms with Crippen molar-refractivity contribution in [3.05, 3.63) is 28.7 Å². The Labute approximate surface area is 164 Å². The molecule has 0 bridgehead atoms. The van der Waals surface area contributed by atoms with Gasteiger partial charge in [0.1, 0.15) is 10.8 Å². The third kappa shape index (κ3) is 4.50. The lowest BCUT2D eigenvalue weighted by Gasteiger charge is -2.25. The molecule has 1 fully saturated rings. The number of nitrogens with two attached hydrogens (primary N) is 2. The van der Waals surface area contributed by atoms with Gasteiger partial charge in [0.05, 0.1) is 6.61 Å². The van der Waals surface area contributed by atoms with Gasteiger partial charge < -0.3 is 16.2 Å². The number of benzene rings is 1. The van der Waals surface area contributed by atoms with Crippen molar-refractivity contribution >= 4 is 45.6 Å². The van der Waals surface area contributed by atoms with Crippen LogP contribution in [0.3, 0.4) is 0 Å². The first-order valence-corrected chi connectivity index (χ1v) is 9.88. The zero-order chi connectivity index (χ0) is 19.3. The maximum absolute atomic E-state index is 12.4. The summed E-state index contributed by atoms with van der Waals surface area (Å²) in [4.78, 5) is 38.6. The van der Waals surface area contributed by atoms with Gasteiger partial charge in [0, 0.05) is 22.3 Å². The molecule has 9 heteroatoms. The van der Waals surface area contributed by atoms with Crippen molar-refractivity contribution in [3.63, 3.8) is 0 Å². The number of carbonyl (C=O) groups excluding carboxylic acids is 3. The standard InChI is InChI=1S/C17H22BrN3O4S/c1-2-3-8-25-16(24)21-10-17(15(20)23,9-12(21)14(19)22)26-13-7-5-4-6-11(13)18/h4-7,12H,2-3,8-10H2,1H3,(H2,19,22)(H2,20,23)/t12-,17+/m0/s1. The van der Waals surface area contributed by atoms with Crippen molar-refractivity contribution in [2.75, 3.05) is 13.2 Å². The van der Waals surface area contributed by atoms with Gasteiger partial charge in [-0.15, -0.1) is 11.8 Å². The van der Waals surface area contributed by atoms with Crippen LogP contribution in [0.4, 0.5) is 4.79 Å². The van der Waals surface area contributed by atoms with Gasteiger partial charge in [0.2, 0.25) is 11.8 Å². The summed E-state index contributed by atoms with van der Waals surface area (Å²) in [6.07, 6.45) is 0.980. The Hall–Kier alpha value is -1.74. The predicted molar refractivity (Wildman–Crippen MR) is 102 cm³/mol. The fourth-order valence-corrected chi connectivity index (χ4v) is 4.55. The summed E-state index contributed by atoms with van der Waals surface area (Å²) in [6.45, 7) is 2.19. The van der Waals surface area contributed by atoms with Crippen LogP contribution in [0, 0.1) is 0 Å². The number of carbonyl (C=O) groups is 3. The van der Waals surface area contributed by atoms with E-state index in [-0.39, 0.29) is 19.6 Å². The zero-order valence-electron chi connectivity index (χ0n) is 14.4. The van der Waals surface area contributed by atoms with Crippen molar-refractivity contribution in [3.8, 4) is 0 Å². The Morgan fingerprint density at radius 1 is 1.35 bits per heavy atom. The highest BCUT2D eigenvalue weighted by Gasteiger charge is 2.53. The van der Waals surface area contributed by atoms with Crippen LogP contribution in [-0.4, -0.2) is 46.7 Å². The third-order valence-electron chi connectivity index (χ3n) is 4.20. The van der Waals surface area contributed by atoms with E-state index in [1.807, 2.05) is 31.2 Å². The number of primary amides is 2. The lowest BCUT2D eigenvalue weighted by Crippen LogP contribution is -2.45. The molecule has 0 aromatic heterocycles. The number of hydrogen-bond donors (Lipinski definition) is 2. The molecule has 0 spiro atoms. The SMILES string of the molecule is CCCCOC(=O)N1C[C@@](Sc2ccccc2Br)(C(N)=O)C[C@H]1C(N)=O. The molecule has 1 aliphatic heterocycles. The van der Waals surface area contributed by atoms with E-state index in [0.29, 0.717) is 6.42 Å². The molecule has 2 atom stereocenters. The second-order valence-electron chi connectivity index (χ2n) is 6.11. The van der Waals surface area contributed by atoms with E-state index in [0.717, 1.165) is 15.8 Å². The van der Waals surface area contributed by atoms with Crippen LogP contribution in [0.25, 0.3) is 0 Å². The molecule has 0 saturated carbocycles. The molecule has 1 aromatic carbocycles. The number of unbranched alkanes of at least 4 members (excludes halogenated alkanes) is 1. The molecule has 2 rings (SSSR count). The second kappa shape index (κ2) is 8.77. The number of hydrogen-bond acceptors (Lipinski definition) is 5. The van der Waals surface area contributed by atoms with Gasteiger partial charge in [-0.3, -0.25) is 14.5 Å². The van der Waals surface area contributed by atoms with E-state index in [2.05, 4.69) is 15.9 Å². The van der Waals surface area contributed by atoms with Crippen LogP contribution in [0.1, 0.15) is 26.2 Å². The molecule has 0 unspecified atom stereocenters. The molecule has 3 amide bonds. The van der Waals surface area contributed by atoms with Gasteiger partial charge in [-0.25, -0.2) is 4.79 Å². The minimum atomic E-state index is -1.16. The van der Waals surface area contributed by atoms with Crippen molar-refractivity contribution < 1.29 is 19.1 Å². The van der Waals surface area contributed by atoms with E-state index in [1.54, 1.807) is 0 Å². The molecule has 7 nitrogen and oxygen atoms in total. The number of ether oxygens (including phenoxy) is 1. The number of amides is 3. The Balaban J connectivity index is 2.27. The van der Waals surface area contributed by atoms with Crippen LogP contribution in [0.15, 0.2) is 33.6 Å². The maximum atomic E-state index is 12.4. The van der Waals surface area contributed by atoms with Crippen molar-refractivity contribution in [2.24, 2.45) is 11.5 Å². The van der Waals surface area contributed by atoms with Gasteiger partial charge in [-0.05, 0) is 34.5 Å². The van der Waals surface area contributed by atoms with E-state index in [1.165, 1.54) is 16.7 Å². The van der Waals surface area contributed by atoms with Gasteiger partial charge in [0.15, 0.2) is 0 Å². The molecule has 1 aromatic rings. The van der Waals surface area contributed by atoms with Crippen LogP contribution < -0.4 is 11.5 Å². The summed E-state index contributed by atoms with van der Waals surface area (Å²) in [7, 11) is 0. The van der Waals surface area contributed by atoms with Crippen molar-refractivity contribution in [2.45, 2.75) is 41.9 Å². The summed E-state index contributed by atoms with van der Waals surface area (Å²) in [5.74, 6) is -1.29. The Morgan fingerprint density at radius 2 is 2.04 bits per heavy atom. The average molecular weight is 444 g/mol. The largest absolute Gasteiger partial charge is 0.449 e. The van der Waals surface area contributed by atoms with Crippen LogP contribution in [0.5, 0.6) is 0 Å². The summed E-state index contributed by atoms with van der Waals surface area (Å²) in [5, 5.41) is 0. The van der Waals surface area contributed by atoms with Gasteiger partial charge in [0.25, 0.3) is 0 Å². The summed E-state index contributed by atoms with van der Waals surface area (Å²) < 4.78 is 4.84. The predicted octanol–water partition coefficient (Wildman–Crippen LogP) is 2.26. The highest BCUT2D eigenvalue weighted by Crippen LogP contribution is 2.45. The first-order valence-electron chi connectivity index (χ1n) is 8.27. The monoisotopic (exact) mass is 443 g/mol. The first-order chi connectivity index (χ1) is 12.3. The fourth-order valence-electron chi connectivity index (χ4n) is 2.75. The summed E-state index contributed by atoms with van der Waals surface area (Å²) in [6, 6.07) is 6.42. The highest BCUT2D eigenvalue weighted by molar-refractivity contribution is 9.10. The quantitative estimate of drug-likeness (QED) is 0.626. The molecule has 1 heterocycles. The summed E-state index contributed by atoms with van der Waals surface area (Å²) >= 11 is 4.66. The fraction of sp³-hybridized carbons (Fsp3) is 0.471. The zero-order valence-corrected chi connectivity index (χ0v) is 16.8. The van der Waals surface area contributed by atoms with E-state index >= 15 is 0 Å². The molecule has 142 valence electrons. The molecule has 0 radical (unpaired) electrons. The summed E-state index contributed by atoms with van der Waals surface area (Å²) in [5.41, 5.74) is 11.1. The van der Waals surface area contributed by atoms with Crippen LogP contribution >= 0.6 is 27.7 Å². The van der Waals surface area contributed by atoms with Crippen molar-refractivity contribution in [1.82, 2.24) is 4.90 Å². The molecule has 0 aliphatic carbocycles. The Morgan fingerprint density at radius 3 is 2.62 bits per heavy atom. The lowest BCUT2D eigenvalue weighted by atomic mass is 10.0. The Bertz CT molecular complexity index is 702. The molecule has 1 saturated heterocycles. The maximum Gasteiger partial charge on any atom is 0.410 e. The molecule has 26 heavy (non-hydrogen) atoms. The van der Waals surface area contributed by atoms with Gasteiger partial charge in [-0.1, -0.05) is 25.5 Å². The molecular formula is C17H22BrN3O4S. The number of halogens is 1. The first kappa shape index (κ1) is 20.6. The minimum Gasteiger partial charge on any atom is -0.449 e. The smallest absolute Gasteiger partial charge is 0.410 e. The average Bonchev–Trinajstić information content (AvgIpc) is 2.99. The molecule has 1 aliphatic rings. The van der Waals surface area contributed by atoms with E-state index < -0.39 is 28.7 Å². The number of nitrogens with zero attached hydrogens (tertiary/aromatic N) is 1. The highest BCUT2D eigenvalue weighted by atomic mass is 79.9. The molecule has 4 N–H and O–H groups in total. The normalized spacial score (nSPS) is 22.2. The van der Waals surface area contributed by atoms with Gasteiger partial charge >= 0.3 is 6.09 Å². The third-order valence-corrected chi connectivity index (χ3v) is 6.62. The minimum absolute atomic E-state index is 0.0348. The number of likely N-dealkylation sites (tertiary alicyclic amines) is 1. The van der Waals surface area contributed by atoms with E-state index in [9.17, 15) is 14.4 Å². The van der Waals surface area contributed by atoms with E-state index in [4.69, 9.17) is 16.2 Å². The lowest BCUT2D eigenvalue weighted by molar-refractivity contribution is -0.121. The van der Waals surface area contributed by atoms with Crippen LogP contribution in [-0.2, 0) is 14.3 Å². The Kier molecular flexibility index (Phi) is 6.94. The number of rotatable bonds is 7. The van der Waals surface area contributed by atoms with Crippen LogP contribution in [0.2, 0.25) is 0 Å². The molecular weight excluding hydrogens is 422 g/mol. The topological polar surface area (TPSA) is 116 Å².